The molecule has 1 fully saturated rings. The van der Waals surface area contributed by atoms with Gasteiger partial charge < -0.3 is 15.0 Å². The van der Waals surface area contributed by atoms with Crippen LogP contribution < -0.4 is 5.32 Å². The molecule has 0 bridgehead atoms. The minimum absolute atomic E-state index is 0.0143. The van der Waals surface area contributed by atoms with Gasteiger partial charge in [-0.15, -0.1) is 0 Å². The van der Waals surface area contributed by atoms with Gasteiger partial charge in [-0.3, -0.25) is 4.79 Å². The third kappa shape index (κ3) is 5.86. The summed E-state index contributed by atoms with van der Waals surface area (Å²) in [6.45, 7) is 6.98. The molecule has 1 heterocycles. The van der Waals surface area contributed by atoms with Crippen molar-refractivity contribution in [1.82, 2.24) is 10.2 Å². The van der Waals surface area contributed by atoms with Gasteiger partial charge >= 0.3 is 0 Å². The van der Waals surface area contributed by atoms with Crippen LogP contribution in [0.15, 0.2) is 30.3 Å². The van der Waals surface area contributed by atoms with Crippen molar-refractivity contribution in [1.29, 1.82) is 0 Å². The average molecular weight is 290 g/mol. The Morgan fingerprint density at radius 1 is 1.38 bits per heavy atom. The molecule has 1 atom stereocenters. The van der Waals surface area contributed by atoms with E-state index in [1.807, 2.05) is 30.3 Å². The lowest BCUT2D eigenvalue weighted by Gasteiger charge is -2.31. The van der Waals surface area contributed by atoms with Gasteiger partial charge in [0, 0.05) is 13.1 Å². The molecule has 1 amide bonds. The van der Waals surface area contributed by atoms with Crippen molar-refractivity contribution < 1.29 is 9.53 Å². The van der Waals surface area contributed by atoms with Crippen LogP contribution >= 0.6 is 0 Å². The van der Waals surface area contributed by atoms with Crippen LogP contribution in [-0.4, -0.2) is 43.6 Å². The van der Waals surface area contributed by atoms with Crippen molar-refractivity contribution >= 4 is 5.91 Å². The minimum Gasteiger partial charge on any atom is -0.367 e. The maximum Gasteiger partial charge on any atom is 0.246 e. The molecule has 4 nitrogen and oxygen atoms in total. The molecule has 1 N–H and O–H groups in total. The summed E-state index contributed by atoms with van der Waals surface area (Å²) in [6, 6.07) is 9.92. The van der Waals surface area contributed by atoms with Crippen LogP contribution in [0, 0.1) is 5.92 Å². The minimum atomic E-state index is -0.0143. The van der Waals surface area contributed by atoms with E-state index < -0.39 is 0 Å². The molecule has 0 saturated carbocycles. The van der Waals surface area contributed by atoms with Crippen LogP contribution in [0.4, 0.5) is 0 Å². The van der Waals surface area contributed by atoms with Gasteiger partial charge in [0.2, 0.25) is 5.91 Å². The van der Waals surface area contributed by atoms with Crippen LogP contribution in [0.3, 0.4) is 0 Å². The number of likely N-dealkylation sites (tertiary alicyclic amines) is 1. The molecule has 1 aromatic carbocycles. The number of benzene rings is 1. The molecule has 1 saturated heterocycles. The standard InChI is InChI=1S/C17H26N2O2/c1-2-19-10-6-9-16(12-19)11-18-17(20)14-21-13-15-7-4-3-5-8-15/h3-5,7-8,16H,2,6,9-14H2,1H3,(H,18,20). The monoisotopic (exact) mass is 290 g/mol. The summed E-state index contributed by atoms with van der Waals surface area (Å²) in [7, 11) is 0. The normalized spacial score (nSPS) is 19.4. The zero-order valence-corrected chi connectivity index (χ0v) is 12.9. The van der Waals surface area contributed by atoms with Crippen LogP contribution in [0.2, 0.25) is 0 Å². The number of carbonyl (C=O) groups excluding carboxylic acids is 1. The van der Waals surface area contributed by atoms with E-state index in [9.17, 15) is 4.79 Å². The van der Waals surface area contributed by atoms with E-state index >= 15 is 0 Å². The van der Waals surface area contributed by atoms with E-state index in [0.29, 0.717) is 12.5 Å². The molecule has 2 rings (SSSR count). The highest BCUT2D eigenvalue weighted by Gasteiger charge is 2.18. The van der Waals surface area contributed by atoms with Gasteiger partial charge in [0.15, 0.2) is 0 Å². The van der Waals surface area contributed by atoms with Crippen LogP contribution in [0.5, 0.6) is 0 Å². The van der Waals surface area contributed by atoms with Crippen molar-refractivity contribution in [3.05, 3.63) is 35.9 Å². The van der Waals surface area contributed by atoms with Crippen molar-refractivity contribution in [2.24, 2.45) is 5.92 Å². The Balaban J connectivity index is 1.59. The first-order chi connectivity index (χ1) is 10.3. The quantitative estimate of drug-likeness (QED) is 0.835. The largest absolute Gasteiger partial charge is 0.367 e. The lowest BCUT2D eigenvalue weighted by atomic mass is 9.98. The van der Waals surface area contributed by atoms with Gasteiger partial charge in [0.25, 0.3) is 0 Å². The molecule has 1 aliphatic heterocycles. The highest BCUT2D eigenvalue weighted by Crippen LogP contribution is 2.15. The second-order valence-corrected chi connectivity index (χ2v) is 5.68. The molecule has 0 aliphatic carbocycles. The molecular weight excluding hydrogens is 264 g/mol. The zero-order valence-electron chi connectivity index (χ0n) is 12.9. The first-order valence-corrected chi connectivity index (χ1v) is 7.88. The first kappa shape index (κ1) is 16.0. The fraction of sp³-hybridized carbons (Fsp3) is 0.588. The smallest absolute Gasteiger partial charge is 0.246 e. The first-order valence-electron chi connectivity index (χ1n) is 7.88. The number of hydrogen-bond donors (Lipinski definition) is 1. The molecular formula is C17H26N2O2. The van der Waals surface area contributed by atoms with E-state index in [0.717, 1.165) is 25.2 Å². The lowest BCUT2D eigenvalue weighted by molar-refractivity contribution is -0.126. The number of amides is 1. The Hall–Kier alpha value is -1.39. The van der Waals surface area contributed by atoms with E-state index in [4.69, 9.17) is 4.74 Å². The summed E-state index contributed by atoms with van der Waals surface area (Å²) in [5, 5.41) is 2.99. The fourth-order valence-electron chi connectivity index (χ4n) is 2.75. The molecule has 4 heteroatoms. The second kappa shape index (κ2) is 8.80. The third-order valence-electron chi connectivity index (χ3n) is 3.98. The van der Waals surface area contributed by atoms with E-state index in [2.05, 4.69) is 17.1 Å². The Morgan fingerprint density at radius 3 is 2.95 bits per heavy atom. The summed E-state index contributed by atoms with van der Waals surface area (Å²) in [6.07, 6.45) is 2.44. The Kier molecular flexibility index (Phi) is 6.70. The van der Waals surface area contributed by atoms with Crippen LogP contribution in [0.25, 0.3) is 0 Å². The maximum atomic E-state index is 11.8. The highest BCUT2D eigenvalue weighted by atomic mass is 16.5. The molecule has 0 spiro atoms. The van der Waals surface area contributed by atoms with E-state index in [1.54, 1.807) is 0 Å². The number of nitrogens with one attached hydrogen (secondary N) is 1. The van der Waals surface area contributed by atoms with Crippen molar-refractivity contribution in [3.63, 3.8) is 0 Å². The Morgan fingerprint density at radius 2 is 2.19 bits per heavy atom. The number of nitrogens with zero attached hydrogens (tertiary/aromatic N) is 1. The molecule has 1 aliphatic rings. The number of rotatable bonds is 7. The van der Waals surface area contributed by atoms with Gasteiger partial charge in [0.05, 0.1) is 6.61 Å². The Labute approximate surface area is 127 Å². The van der Waals surface area contributed by atoms with Crippen molar-refractivity contribution in [3.8, 4) is 0 Å². The molecule has 116 valence electrons. The number of piperidine rings is 1. The number of ether oxygens (including phenoxy) is 1. The topological polar surface area (TPSA) is 41.6 Å². The summed E-state index contributed by atoms with van der Waals surface area (Å²) in [4.78, 5) is 14.2. The predicted molar refractivity (Wildman–Crippen MR) is 83.9 cm³/mol. The van der Waals surface area contributed by atoms with E-state index in [1.165, 1.54) is 19.4 Å². The lowest BCUT2D eigenvalue weighted by Crippen LogP contribution is -2.41. The molecule has 0 aromatic heterocycles. The van der Waals surface area contributed by atoms with Crippen molar-refractivity contribution in [2.75, 3.05) is 32.8 Å². The fourth-order valence-corrected chi connectivity index (χ4v) is 2.75. The van der Waals surface area contributed by atoms with Gasteiger partial charge in [0.1, 0.15) is 6.61 Å². The molecule has 1 aromatic rings. The molecule has 21 heavy (non-hydrogen) atoms. The summed E-state index contributed by atoms with van der Waals surface area (Å²) < 4.78 is 5.44. The summed E-state index contributed by atoms with van der Waals surface area (Å²) in [5.41, 5.74) is 1.09. The van der Waals surface area contributed by atoms with Gasteiger partial charge in [-0.2, -0.15) is 0 Å². The zero-order chi connectivity index (χ0) is 14.9. The van der Waals surface area contributed by atoms with Crippen LogP contribution in [0.1, 0.15) is 25.3 Å². The van der Waals surface area contributed by atoms with Gasteiger partial charge in [-0.25, -0.2) is 0 Å². The number of carbonyl (C=O) groups is 1. The molecule has 1 unspecified atom stereocenters. The van der Waals surface area contributed by atoms with Crippen LogP contribution in [-0.2, 0) is 16.1 Å². The second-order valence-electron chi connectivity index (χ2n) is 5.68. The van der Waals surface area contributed by atoms with Gasteiger partial charge in [-0.05, 0) is 37.4 Å². The predicted octanol–water partition coefficient (Wildman–Crippen LogP) is 2.05. The maximum absolute atomic E-state index is 11.8. The third-order valence-corrected chi connectivity index (χ3v) is 3.98. The van der Waals surface area contributed by atoms with Gasteiger partial charge in [-0.1, -0.05) is 37.3 Å². The summed E-state index contributed by atoms with van der Waals surface area (Å²) in [5.74, 6) is 0.566. The van der Waals surface area contributed by atoms with E-state index in [-0.39, 0.29) is 12.5 Å². The summed E-state index contributed by atoms with van der Waals surface area (Å²) >= 11 is 0. The highest BCUT2D eigenvalue weighted by molar-refractivity contribution is 5.77. The van der Waals surface area contributed by atoms with Crippen molar-refractivity contribution in [2.45, 2.75) is 26.4 Å². The number of hydrogen-bond acceptors (Lipinski definition) is 3. The SMILES string of the molecule is CCN1CCCC(CNC(=O)COCc2ccccc2)C1. The average Bonchev–Trinajstić information content (AvgIpc) is 2.54. The Bertz CT molecular complexity index is 422. The molecule has 0 radical (unpaired) electrons.